The summed E-state index contributed by atoms with van der Waals surface area (Å²) in [6, 6.07) is 9.67. The highest BCUT2D eigenvalue weighted by molar-refractivity contribution is 6.32. The minimum absolute atomic E-state index is 0.142. The smallest absolute Gasteiger partial charge is 0.137 e. The minimum atomic E-state index is 0.142. The summed E-state index contributed by atoms with van der Waals surface area (Å²) in [7, 11) is 0. The number of rotatable bonds is 4. The second-order valence-corrected chi connectivity index (χ2v) is 6.96. The number of aromatic amines is 1. The van der Waals surface area contributed by atoms with Crippen molar-refractivity contribution in [2.45, 2.75) is 13.1 Å². The predicted octanol–water partition coefficient (Wildman–Crippen LogP) is 3.24. The van der Waals surface area contributed by atoms with Crippen molar-refractivity contribution in [3.05, 3.63) is 58.9 Å². The lowest BCUT2D eigenvalue weighted by molar-refractivity contribution is 0.122. The van der Waals surface area contributed by atoms with E-state index in [-0.39, 0.29) is 5.75 Å². The van der Waals surface area contributed by atoms with Crippen molar-refractivity contribution >= 4 is 22.6 Å². The molecule has 1 aliphatic rings. The Morgan fingerprint density at radius 1 is 1.04 bits per heavy atom. The van der Waals surface area contributed by atoms with E-state index >= 15 is 0 Å². The highest BCUT2D eigenvalue weighted by atomic mass is 35.5. The van der Waals surface area contributed by atoms with Gasteiger partial charge in [0, 0.05) is 57.0 Å². The third-order valence-electron chi connectivity index (χ3n) is 4.83. The van der Waals surface area contributed by atoms with Gasteiger partial charge in [-0.3, -0.25) is 9.80 Å². The molecule has 6 heteroatoms. The monoisotopic (exact) mass is 356 g/mol. The molecular formula is C19H21ClN4O. The lowest BCUT2D eigenvalue weighted by Gasteiger charge is -2.34. The standard InChI is InChI=1S/C19H21ClN4O/c20-17-11-14(1-2-18(17)25)12-23-7-9-24(10-8-23)13-15-3-5-21-19-16(15)4-6-22-19/h1-6,11,25H,7-10,12-13H2,(H,21,22). The van der Waals surface area contributed by atoms with Gasteiger partial charge in [-0.25, -0.2) is 4.98 Å². The molecule has 2 aromatic heterocycles. The third kappa shape index (κ3) is 3.63. The van der Waals surface area contributed by atoms with Gasteiger partial charge in [-0.05, 0) is 35.4 Å². The van der Waals surface area contributed by atoms with Gasteiger partial charge in [0.25, 0.3) is 0 Å². The third-order valence-corrected chi connectivity index (χ3v) is 5.13. The van der Waals surface area contributed by atoms with Crippen LogP contribution in [0.15, 0.2) is 42.7 Å². The summed E-state index contributed by atoms with van der Waals surface area (Å²) < 4.78 is 0. The van der Waals surface area contributed by atoms with Gasteiger partial charge in [0.1, 0.15) is 11.4 Å². The first-order valence-corrected chi connectivity index (χ1v) is 8.90. The summed E-state index contributed by atoms with van der Waals surface area (Å²) in [6.07, 6.45) is 3.82. The number of nitrogens with one attached hydrogen (secondary N) is 1. The van der Waals surface area contributed by atoms with E-state index in [2.05, 4.69) is 31.9 Å². The maximum atomic E-state index is 9.53. The predicted molar refractivity (Wildman–Crippen MR) is 99.8 cm³/mol. The Kier molecular flexibility index (Phi) is 4.61. The van der Waals surface area contributed by atoms with Crippen LogP contribution in [0.5, 0.6) is 5.75 Å². The summed E-state index contributed by atoms with van der Waals surface area (Å²) in [5, 5.41) is 11.2. The van der Waals surface area contributed by atoms with E-state index in [0.29, 0.717) is 5.02 Å². The number of nitrogens with zero attached hydrogens (tertiary/aromatic N) is 3. The molecule has 0 atom stereocenters. The Morgan fingerprint density at radius 3 is 2.56 bits per heavy atom. The van der Waals surface area contributed by atoms with Crippen molar-refractivity contribution in [3.63, 3.8) is 0 Å². The number of aromatic nitrogens is 2. The van der Waals surface area contributed by atoms with Crippen LogP contribution in [0.1, 0.15) is 11.1 Å². The molecule has 130 valence electrons. The second-order valence-electron chi connectivity index (χ2n) is 6.55. The van der Waals surface area contributed by atoms with Gasteiger partial charge >= 0.3 is 0 Å². The van der Waals surface area contributed by atoms with Crippen LogP contribution in [-0.4, -0.2) is 51.1 Å². The van der Waals surface area contributed by atoms with Crippen LogP contribution in [0.3, 0.4) is 0 Å². The van der Waals surface area contributed by atoms with Crippen LogP contribution in [0.4, 0.5) is 0 Å². The normalized spacial score (nSPS) is 16.5. The molecule has 0 amide bonds. The quantitative estimate of drug-likeness (QED) is 0.753. The van der Waals surface area contributed by atoms with Crippen LogP contribution in [0.2, 0.25) is 5.02 Å². The number of pyridine rings is 1. The Bertz CT molecular complexity index is 871. The molecule has 0 aliphatic carbocycles. The summed E-state index contributed by atoms with van der Waals surface area (Å²) >= 11 is 6.00. The van der Waals surface area contributed by atoms with E-state index in [0.717, 1.165) is 50.5 Å². The van der Waals surface area contributed by atoms with Crippen molar-refractivity contribution in [2.24, 2.45) is 0 Å². The zero-order valence-corrected chi connectivity index (χ0v) is 14.7. The summed E-state index contributed by atoms with van der Waals surface area (Å²) in [4.78, 5) is 12.4. The first-order valence-electron chi connectivity index (χ1n) is 8.52. The van der Waals surface area contributed by atoms with Crippen molar-refractivity contribution in [1.29, 1.82) is 0 Å². The Morgan fingerprint density at radius 2 is 1.80 bits per heavy atom. The Balaban J connectivity index is 1.35. The van der Waals surface area contributed by atoms with Gasteiger partial charge in [0.15, 0.2) is 0 Å². The summed E-state index contributed by atoms with van der Waals surface area (Å²) in [5.41, 5.74) is 3.42. The van der Waals surface area contributed by atoms with E-state index in [1.165, 1.54) is 10.9 Å². The summed E-state index contributed by atoms with van der Waals surface area (Å²) in [5.74, 6) is 0.142. The number of hydrogen-bond acceptors (Lipinski definition) is 4. The number of piperazine rings is 1. The highest BCUT2D eigenvalue weighted by Gasteiger charge is 2.18. The van der Waals surface area contributed by atoms with Gasteiger partial charge in [-0.2, -0.15) is 0 Å². The molecule has 2 N–H and O–H groups in total. The first kappa shape index (κ1) is 16.4. The molecule has 5 nitrogen and oxygen atoms in total. The number of phenolic OH excluding ortho intramolecular Hbond substituents is 1. The van der Waals surface area contributed by atoms with Crippen LogP contribution in [0.25, 0.3) is 11.0 Å². The van der Waals surface area contributed by atoms with Gasteiger partial charge in [-0.15, -0.1) is 0 Å². The molecule has 25 heavy (non-hydrogen) atoms. The van der Waals surface area contributed by atoms with Gasteiger partial charge < -0.3 is 10.1 Å². The maximum Gasteiger partial charge on any atom is 0.137 e. The van der Waals surface area contributed by atoms with Gasteiger partial charge in [0.2, 0.25) is 0 Å². The maximum absolute atomic E-state index is 9.53. The number of halogens is 1. The minimum Gasteiger partial charge on any atom is -0.506 e. The topological polar surface area (TPSA) is 55.4 Å². The van der Waals surface area contributed by atoms with Gasteiger partial charge in [0.05, 0.1) is 5.02 Å². The molecule has 0 radical (unpaired) electrons. The number of benzene rings is 1. The van der Waals surface area contributed by atoms with E-state index in [4.69, 9.17) is 11.6 Å². The second kappa shape index (κ2) is 7.04. The molecule has 0 saturated carbocycles. The fourth-order valence-electron chi connectivity index (χ4n) is 3.41. The average molecular weight is 357 g/mol. The highest BCUT2D eigenvalue weighted by Crippen LogP contribution is 2.24. The van der Waals surface area contributed by atoms with E-state index < -0.39 is 0 Å². The molecular weight excluding hydrogens is 336 g/mol. The molecule has 1 aromatic carbocycles. The van der Waals surface area contributed by atoms with Crippen molar-refractivity contribution in [1.82, 2.24) is 19.8 Å². The van der Waals surface area contributed by atoms with Crippen molar-refractivity contribution < 1.29 is 5.11 Å². The van der Waals surface area contributed by atoms with E-state index in [1.54, 1.807) is 6.07 Å². The number of H-pyrrole nitrogens is 1. The first-order chi connectivity index (χ1) is 12.2. The number of fused-ring (bicyclic) bond motifs is 1. The molecule has 4 rings (SSSR count). The van der Waals surface area contributed by atoms with Gasteiger partial charge in [-0.1, -0.05) is 17.7 Å². The molecule has 0 unspecified atom stereocenters. The lowest BCUT2D eigenvalue weighted by atomic mass is 10.1. The Hall–Kier alpha value is -2.08. The number of phenols is 1. The Labute approximate surface area is 151 Å². The fourth-order valence-corrected chi connectivity index (χ4v) is 3.61. The van der Waals surface area contributed by atoms with Crippen LogP contribution >= 0.6 is 11.6 Å². The zero-order valence-electron chi connectivity index (χ0n) is 14.0. The summed E-state index contributed by atoms with van der Waals surface area (Å²) in [6.45, 7) is 5.96. The number of hydrogen-bond donors (Lipinski definition) is 2. The zero-order chi connectivity index (χ0) is 17.2. The fraction of sp³-hybridized carbons (Fsp3) is 0.316. The largest absolute Gasteiger partial charge is 0.506 e. The molecule has 1 saturated heterocycles. The van der Waals surface area contributed by atoms with Crippen LogP contribution < -0.4 is 0 Å². The van der Waals surface area contributed by atoms with Crippen LogP contribution in [0, 0.1) is 0 Å². The van der Waals surface area contributed by atoms with E-state index in [9.17, 15) is 5.11 Å². The molecule has 3 aromatic rings. The molecule has 0 spiro atoms. The van der Waals surface area contributed by atoms with Crippen molar-refractivity contribution in [3.8, 4) is 5.75 Å². The molecule has 0 bridgehead atoms. The average Bonchev–Trinajstić information content (AvgIpc) is 3.10. The SMILES string of the molecule is Oc1ccc(CN2CCN(Cc3ccnc4[nH]ccc34)CC2)cc1Cl. The molecule has 3 heterocycles. The van der Waals surface area contributed by atoms with Crippen molar-refractivity contribution in [2.75, 3.05) is 26.2 Å². The van der Waals surface area contributed by atoms with E-state index in [1.807, 2.05) is 24.5 Å². The lowest BCUT2D eigenvalue weighted by Crippen LogP contribution is -2.45. The van der Waals surface area contributed by atoms with Crippen LogP contribution in [-0.2, 0) is 13.1 Å². The molecule has 1 fully saturated rings. The number of aromatic hydroxyl groups is 1. The molecule has 1 aliphatic heterocycles.